The van der Waals surface area contributed by atoms with Gasteiger partial charge in [-0.05, 0) is 74.5 Å². The summed E-state index contributed by atoms with van der Waals surface area (Å²) in [6.07, 6.45) is 7.48. The summed E-state index contributed by atoms with van der Waals surface area (Å²) in [7, 11) is 0. The van der Waals surface area contributed by atoms with E-state index >= 15 is 0 Å². The van der Waals surface area contributed by atoms with Crippen LogP contribution in [0, 0.1) is 34.5 Å². The van der Waals surface area contributed by atoms with E-state index in [4.69, 9.17) is 5.73 Å². The van der Waals surface area contributed by atoms with Crippen LogP contribution in [0.3, 0.4) is 0 Å². The molecular weight excluding hydrogens is 358 g/mol. The molecule has 6 aliphatic rings. The van der Waals surface area contributed by atoms with Crippen molar-refractivity contribution in [1.82, 2.24) is 4.90 Å². The van der Waals surface area contributed by atoms with Crippen LogP contribution in [0.25, 0.3) is 0 Å². The zero-order valence-corrected chi connectivity index (χ0v) is 15.7. The first-order valence-corrected chi connectivity index (χ1v) is 9.13. The number of hydrogen-bond donors (Lipinski definition) is 2. The third-order valence-electron chi connectivity index (χ3n) is 7.51. The van der Waals surface area contributed by atoms with E-state index in [9.17, 15) is 15.2 Å². The lowest BCUT2D eigenvalue weighted by atomic mass is 9.46. The highest BCUT2D eigenvalue weighted by Crippen LogP contribution is 2.63. The van der Waals surface area contributed by atoms with Gasteiger partial charge in [0, 0.05) is 6.04 Å². The Bertz CT molecular complexity index is 610. The van der Waals surface area contributed by atoms with Crippen molar-refractivity contribution in [2.24, 2.45) is 28.9 Å². The van der Waals surface area contributed by atoms with Gasteiger partial charge in [-0.3, -0.25) is 4.79 Å². The molecule has 2 unspecified atom stereocenters. The second-order valence-corrected chi connectivity index (χ2v) is 9.21. The Kier molecular flexibility index (Phi) is 5.44. The number of rotatable bonds is 2. The summed E-state index contributed by atoms with van der Waals surface area (Å²) in [5, 5.41) is 20.2. The van der Waals surface area contributed by atoms with E-state index in [0.717, 1.165) is 38.5 Å². The van der Waals surface area contributed by atoms with Gasteiger partial charge in [0.2, 0.25) is 5.91 Å². The summed E-state index contributed by atoms with van der Waals surface area (Å²) < 4.78 is 0. The van der Waals surface area contributed by atoms with Gasteiger partial charge in [0.1, 0.15) is 6.04 Å². The molecule has 0 aromatic rings. The Morgan fingerprint density at radius 3 is 2.31 bits per heavy atom. The van der Waals surface area contributed by atoms with E-state index in [1.807, 2.05) is 0 Å². The number of nitrogens with zero attached hydrogens (tertiary/aromatic N) is 2. The van der Waals surface area contributed by atoms with E-state index in [2.05, 4.69) is 6.07 Å². The zero-order chi connectivity index (χ0) is 16.0. The minimum Gasteiger partial charge on any atom is -0.412 e. The van der Waals surface area contributed by atoms with Crippen molar-refractivity contribution in [3.05, 3.63) is 0 Å². The van der Waals surface area contributed by atoms with Gasteiger partial charge < -0.3 is 26.7 Å². The number of carbonyl (C=O) groups is 1. The van der Waals surface area contributed by atoms with Crippen molar-refractivity contribution < 1.29 is 20.9 Å². The maximum absolute atomic E-state index is 13.1. The molecule has 1 aliphatic heterocycles. The minimum atomic E-state index is -0.594. The van der Waals surface area contributed by atoms with Crippen LogP contribution in [-0.2, 0) is 4.79 Å². The van der Waals surface area contributed by atoms with Crippen LogP contribution in [0.4, 0.5) is 0 Å². The molecule has 5 saturated carbocycles. The summed E-state index contributed by atoms with van der Waals surface area (Å²) in [5.41, 5.74) is 5.71. The van der Waals surface area contributed by atoms with Crippen molar-refractivity contribution >= 4 is 18.3 Å². The highest BCUT2D eigenvalue weighted by Gasteiger charge is 2.62. The van der Waals surface area contributed by atoms with Gasteiger partial charge in [-0.25, -0.2) is 0 Å². The molecule has 8 heteroatoms. The van der Waals surface area contributed by atoms with Crippen molar-refractivity contribution in [2.45, 2.75) is 75.1 Å². The normalized spacial score (nSPS) is 47.6. The average molecular weight is 388 g/mol. The van der Waals surface area contributed by atoms with E-state index in [0.29, 0.717) is 24.2 Å². The molecular formula is C18H30ClN3O4. The number of likely N-dealkylation sites (tertiary alicyclic amines) is 1. The number of halogens is 1. The van der Waals surface area contributed by atoms with Crippen LogP contribution in [-0.4, -0.2) is 50.6 Å². The first kappa shape index (κ1) is 21.4. The third kappa shape index (κ3) is 2.83. The van der Waals surface area contributed by atoms with E-state index < -0.39 is 11.6 Å². The van der Waals surface area contributed by atoms with E-state index in [1.54, 1.807) is 4.90 Å². The summed E-state index contributed by atoms with van der Waals surface area (Å²) in [5.74, 6) is 1.56. The van der Waals surface area contributed by atoms with Crippen LogP contribution < -0.4 is 5.73 Å². The molecule has 8 atom stereocenters. The molecule has 1 saturated heterocycles. The molecule has 0 spiro atoms. The maximum Gasteiger partial charge on any atom is 0.241 e. The van der Waals surface area contributed by atoms with Crippen molar-refractivity contribution in [1.29, 1.82) is 5.26 Å². The van der Waals surface area contributed by atoms with Gasteiger partial charge in [0.05, 0.1) is 17.7 Å². The molecule has 4 bridgehead atoms. The SMILES string of the molecule is Cl.N#C[C@@H]1C[C@@H]2C[C@@H]2N1C(=O)[C@@H](N)C12C[C@@H]3C[C@@H](CC(O)(C3)C1)C2.O.O. The minimum absolute atomic E-state index is 0. The fourth-order valence-corrected chi connectivity index (χ4v) is 6.96. The van der Waals surface area contributed by atoms with Crippen LogP contribution in [0.5, 0.6) is 0 Å². The summed E-state index contributed by atoms with van der Waals surface area (Å²) in [4.78, 5) is 14.9. The Balaban J connectivity index is 0.000000810. The number of piperidine rings is 1. The number of nitrogens with two attached hydrogens (primary N) is 1. The number of fused-ring (bicyclic) bond motifs is 1. The number of aliphatic hydroxyl groups is 1. The number of nitriles is 1. The molecule has 6 fully saturated rings. The Hall–Kier alpha value is -0.910. The zero-order valence-electron chi connectivity index (χ0n) is 14.9. The number of carbonyl (C=O) groups excluding carboxylic acids is 1. The van der Waals surface area contributed by atoms with Gasteiger partial charge >= 0.3 is 0 Å². The fraction of sp³-hybridized carbons (Fsp3) is 0.889. The predicted octanol–water partition coefficient (Wildman–Crippen LogP) is -0.0696. The van der Waals surface area contributed by atoms with Crippen molar-refractivity contribution in [3.63, 3.8) is 0 Å². The topological polar surface area (TPSA) is 153 Å². The van der Waals surface area contributed by atoms with Gasteiger partial charge in [-0.1, -0.05) is 0 Å². The van der Waals surface area contributed by atoms with Crippen LogP contribution >= 0.6 is 12.4 Å². The number of hydrogen-bond acceptors (Lipinski definition) is 4. The molecule has 148 valence electrons. The molecule has 1 amide bonds. The lowest BCUT2D eigenvalue weighted by Gasteiger charge is -2.61. The summed E-state index contributed by atoms with van der Waals surface area (Å²) in [6.45, 7) is 0. The molecule has 0 aromatic heterocycles. The Labute approximate surface area is 159 Å². The molecule has 26 heavy (non-hydrogen) atoms. The lowest BCUT2D eigenvalue weighted by Crippen LogP contribution is -2.64. The van der Waals surface area contributed by atoms with E-state index in [1.165, 1.54) is 6.42 Å². The van der Waals surface area contributed by atoms with Crippen LogP contribution in [0.1, 0.15) is 51.4 Å². The van der Waals surface area contributed by atoms with Crippen LogP contribution in [0.15, 0.2) is 0 Å². The molecule has 0 radical (unpaired) electrons. The predicted molar refractivity (Wildman–Crippen MR) is 97.3 cm³/mol. The smallest absolute Gasteiger partial charge is 0.241 e. The standard InChI is InChI=1S/C18H25N3O2.ClH.2H2O/c19-8-13-2-12-3-14(12)21(13)16(22)15(20)17-4-10-1-11(5-17)7-18(23,6-10)9-17;;;/h10-15,23H,1-7,9,20H2;1H;2*1H2/t10-,11+,12-,13+,14+,15-,17?,18?;;;/m1.../s1. The number of amides is 1. The fourth-order valence-electron chi connectivity index (χ4n) is 6.96. The maximum atomic E-state index is 13.1. The molecule has 5 aliphatic carbocycles. The first-order valence-electron chi connectivity index (χ1n) is 9.13. The summed E-state index contributed by atoms with van der Waals surface area (Å²) >= 11 is 0. The average Bonchev–Trinajstić information content (AvgIpc) is 3.14. The Morgan fingerprint density at radius 2 is 1.77 bits per heavy atom. The largest absolute Gasteiger partial charge is 0.412 e. The summed E-state index contributed by atoms with van der Waals surface area (Å²) in [6, 6.07) is 1.72. The quantitative estimate of drug-likeness (QED) is 0.680. The third-order valence-corrected chi connectivity index (χ3v) is 7.51. The first-order chi connectivity index (χ1) is 10.9. The van der Waals surface area contributed by atoms with Crippen molar-refractivity contribution in [3.8, 4) is 6.07 Å². The molecule has 7 nitrogen and oxygen atoms in total. The lowest BCUT2D eigenvalue weighted by molar-refractivity contribution is -0.177. The highest BCUT2D eigenvalue weighted by molar-refractivity contribution is 5.85. The molecule has 1 heterocycles. The second kappa shape index (κ2) is 6.61. The van der Waals surface area contributed by atoms with Crippen molar-refractivity contribution in [2.75, 3.05) is 0 Å². The molecule has 7 N–H and O–H groups in total. The van der Waals surface area contributed by atoms with Gasteiger partial charge in [0.25, 0.3) is 0 Å². The Morgan fingerprint density at radius 1 is 1.15 bits per heavy atom. The second-order valence-electron chi connectivity index (χ2n) is 9.21. The van der Waals surface area contributed by atoms with Gasteiger partial charge in [-0.15, -0.1) is 12.4 Å². The van der Waals surface area contributed by atoms with Crippen LogP contribution in [0.2, 0.25) is 0 Å². The van der Waals surface area contributed by atoms with Gasteiger partial charge in [0.15, 0.2) is 0 Å². The van der Waals surface area contributed by atoms with E-state index in [-0.39, 0.29) is 46.8 Å². The highest BCUT2D eigenvalue weighted by atomic mass is 35.5. The van der Waals surface area contributed by atoms with Gasteiger partial charge in [-0.2, -0.15) is 5.26 Å². The molecule has 6 rings (SSSR count). The monoisotopic (exact) mass is 387 g/mol. The molecule has 0 aromatic carbocycles.